The van der Waals surface area contributed by atoms with Crippen LogP contribution in [0.25, 0.3) is 10.8 Å². The maximum absolute atomic E-state index is 11.1. The molecule has 0 radical (unpaired) electrons. The van der Waals surface area contributed by atoms with E-state index >= 15 is 0 Å². The van der Waals surface area contributed by atoms with E-state index in [1.54, 1.807) is 13.3 Å². The number of rotatable bonds is 4. The first-order chi connectivity index (χ1) is 8.74. The minimum atomic E-state index is -0.331. The maximum atomic E-state index is 11.1. The highest BCUT2D eigenvalue weighted by molar-refractivity contribution is 5.93. The molecule has 1 heterocycles. The highest BCUT2D eigenvalue weighted by Gasteiger charge is 2.05. The van der Waals surface area contributed by atoms with E-state index in [0.29, 0.717) is 5.82 Å². The van der Waals surface area contributed by atoms with Crippen LogP contribution < -0.4 is 10.1 Å². The lowest BCUT2D eigenvalue weighted by molar-refractivity contribution is -0.138. The van der Waals surface area contributed by atoms with Crippen molar-refractivity contribution >= 4 is 22.6 Å². The summed E-state index contributed by atoms with van der Waals surface area (Å²) in [6, 6.07) is 7.57. The fourth-order valence-corrected chi connectivity index (χ4v) is 1.65. The summed E-state index contributed by atoms with van der Waals surface area (Å²) in [5.74, 6) is 1.11. The second-order valence-corrected chi connectivity index (χ2v) is 3.68. The Hall–Kier alpha value is -2.30. The van der Waals surface area contributed by atoms with E-state index in [2.05, 4.69) is 15.0 Å². The number of esters is 1. The van der Waals surface area contributed by atoms with Crippen LogP contribution in [-0.4, -0.2) is 31.7 Å². The molecule has 0 fully saturated rings. The summed E-state index contributed by atoms with van der Waals surface area (Å²) in [6.07, 6.45) is 1.68. The summed E-state index contributed by atoms with van der Waals surface area (Å²) in [5, 5.41) is 4.88. The second-order valence-electron chi connectivity index (χ2n) is 3.68. The van der Waals surface area contributed by atoms with Crippen molar-refractivity contribution in [3.63, 3.8) is 0 Å². The van der Waals surface area contributed by atoms with Crippen LogP contribution >= 0.6 is 0 Å². The number of aromatic nitrogens is 1. The molecule has 0 saturated heterocycles. The van der Waals surface area contributed by atoms with Gasteiger partial charge >= 0.3 is 5.97 Å². The van der Waals surface area contributed by atoms with Crippen LogP contribution in [0.5, 0.6) is 5.75 Å². The number of carbonyl (C=O) groups is 1. The molecule has 0 aliphatic rings. The second kappa shape index (κ2) is 5.35. The molecule has 0 bridgehead atoms. The Balaban J connectivity index is 2.30. The number of hydrogen-bond acceptors (Lipinski definition) is 5. The first-order valence-corrected chi connectivity index (χ1v) is 5.48. The molecular formula is C13H14N2O3. The number of methoxy groups -OCH3 is 2. The highest BCUT2D eigenvalue weighted by Crippen LogP contribution is 2.25. The molecule has 5 heteroatoms. The summed E-state index contributed by atoms with van der Waals surface area (Å²) >= 11 is 0. The third kappa shape index (κ3) is 2.51. The molecule has 18 heavy (non-hydrogen) atoms. The van der Waals surface area contributed by atoms with Gasteiger partial charge in [0.15, 0.2) is 0 Å². The zero-order valence-corrected chi connectivity index (χ0v) is 10.3. The van der Waals surface area contributed by atoms with Gasteiger partial charge < -0.3 is 14.8 Å². The van der Waals surface area contributed by atoms with Crippen molar-refractivity contribution in [2.45, 2.75) is 0 Å². The minimum Gasteiger partial charge on any atom is -0.497 e. The molecule has 0 aliphatic heterocycles. The van der Waals surface area contributed by atoms with Crippen molar-refractivity contribution in [2.24, 2.45) is 0 Å². The van der Waals surface area contributed by atoms with Crippen molar-refractivity contribution in [1.29, 1.82) is 0 Å². The third-order valence-corrected chi connectivity index (χ3v) is 2.60. The first kappa shape index (κ1) is 12.2. The monoisotopic (exact) mass is 246 g/mol. The van der Waals surface area contributed by atoms with Gasteiger partial charge in [-0.2, -0.15) is 0 Å². The summed E-state index contributed by atoms with van der Waals surface area (Å²) in [4.78, 5) is 15.3. The Bertz CT molecular complexity index is 569. The van der Waals surface area contributed by atoms with Gasteiger partial charge in [-0.25, -0.2) is 4.98 Å². The van der Waals surface area contributed by atoms with Crippen molar-refractivity contribution in [3.05, 3.63) is 30.5 Å². The average Bonchev–Trinajstić information content (AvgIpc) is 2.43. The van der Waals surface area contributed by atoms with Crippen LogP contribution in [0, 0.1) is 0 Å². The standard InChI is InChI=1S/C13H14N2O3/c1-17-10-3-4-11-9(7-10)5-6-14-13(11)15-8-12(16)18-2/h3-7H,8H2,1-2H3,(H,14,15). The smallest absolute Gasteiger partial charge is 0.325 e. The molecule has 1 N–H and O–H groups in total. The number of benzene rings is 1. The maximum Gasteiger partial charge on any atom is 0.325 e. The fraction of sp³-hybridized carbons (Fsp3) is 0.231. The third-order valence-electron chi connectivity index (χ3n) is 2.60. The van der Waals surface area contributed by atoms with Gasteiger partial charge in [-0.1, -0.05) is 0 Å². The molecular weight excluding hydrogens is 232 g/mol. The van der Waals surface area contributed by atoms with Gasteiger partial charge in [0.25, 0.3) is 0 Å². The van der Waals surface area contributed by atoms with Gasteiger partial charge in [0.05, 0.1) is 14.2 Å². The van der Waals surface area contributed by atoms with Crippen LogP contribution in [0.3, 0.4) is 0 Å². The fourth-order valence-electron chi connectivity index (χ4n) is 1.65. The summed E-state index contributed by atoms with van der Waals surface area (Å²) in [5.41, 5.74) is 0. The quantitative estimate of drug-likeness (QED) is 0.834. The van der Waals surface area contributed by atoms with Crippen LogP contribution in [0.1, 0.15) is 0 Å². The van der Waals surface area contributed by atoms with Crippen molar-refractivity contribution < 1.29 is 14.3 Å². The highest BCUT2D eigenvalue weighted by atomic mass is 16.5. The lowest BCUT2D eigenvalue weighted by atomic mass is 10.1. The molecule has 0 spiro atoms. The predicted octanol–water partition coefficient (Wildman–Crippen LogP) is 1.83. The van der Waals surface area contributed by atoms with Gasteiger partial charge in [0.2, 0.25) is 0 Å². The first-order valence-electron chi connectivity index (χ1n) is 5.48. The lowest BCUT2D eigenvalue weighted by Crippen LogP contribution is -2.15. The Labute approximate surface area is 105 Å². The van der Waals surface area contributed by atoms with E-state index in [4.69, 9.17) is 4.74 Å². The van der Waals surface area contributed by atoms with Crippen LogP contribution in [0.4, 0.5) is 5.82 Å². The van der Waals surface area contributed by atoms with Crippen molar-refractivity contribution in [2.75, 3.05) is 26.1 Å². The molecule has 0 aliphatic carbocycles. The molecule has 94 valence electrons. The van der Waals surface area contributed by atoms with Gasteiger partial charge in [0, 0.05) is 11.6 Å². The average molecular weight is 246 g/mol. The molecule has 0 atom stereocenters. The Kier molecular flexibility index (Phi) is 3.62. The lowest BCUT2D eigenvalue weighted by Gasteiger charge is -2.08. The zero-order chi connectivity index (χ0) is 13.0. The number of hydrogen-bond donors (Lipinski definition) is 1. The number of pyridine rings is 1. The topological polar surface area (TPSA) is 60.5 Å². The summed E-state index contributed by atoms with van der Waals surface area (Å²) < 4.78 is 9.73. The molecule has 5 nitrogen and oxygen atoms in total. The zero-order valence-electron chi connectivity index (χ0n) is 10.3. The number of nitrogens with one attached hydrogen (secondary N) is 1. The number of carbonyl (C=O) groups excluding carboxylic acids is 1. The van der Waals surface area contributed by atoms with E-state index in [9.17, 15) is 4.79 Å². The minimum absolute atomic E-state index is 0.0919. The van der Waals surface area contributed by atoms with Gasteiger partial charge in [-0.15, -0.1) is 0 Å². The molecule has 1 aromatic heterocycles. The normalized spacial score (nSPS) is 10.1. The Morgan fingerprint density at radius 3 is 2.89 bits per heavy atom. The molecule has 1 aromatic carbocycles. The van der Waals surface area contributed by atoms with Crippen LogP contribution in [0.2, 0.25) is 0 Å². The van der Waals surface area contributed by atoms with E-state index < -0.39 is 0 Å². The number of ether oxygens (including phenoxy) is 2. The Morgan fingerprint density at radius 1 is 1.33 bits per heavy atom. The van der Waals surface area contributed by atoms with Gasteiger partial charge in [-0.3, -0.25) is 4.79 Å². The van der Waals surface area contributed by atoms with Crippen molar-refractivity contribution in [1.82, 2.24) is 4.98 Å². The predicted molar refractivity (Wildman–Crippen MR) is 68.8 cm³/mol. The summed E-state index contributed by atoms with van der Waals surface area (Å²) in [6.45, 7) is 0.0919. The van der Waals surface area contributed by atoms with Gasteiger partial charge in [-0.05, 0) is 29.7 Å². The van der Waals surface area contributed by atoms with E-state index in [0.717, 1.165) is 16.5 Å². The van der Waals surface area contributed by atoms with E-state index in [1.165, 1.54) is 7.11 Å². The largest absolute Gasteiger partial charge is 0.497 e. The summed E-state index contributed by atoms with van der Waals surface area (Å²) in [7, 11) is 2.98. The molecule has 0 saturated carbocycles. The molecule has 2 aromatic rings. The van der Waals surface area contributed by atoms with E-state index in [1.807, 2.05) is 24.3 Å². The number of nitrogens with zero attached hydrogens (tertiary/aromatic N) is 1. The Morgan fingerprint density at radius 2 is 2.17 bits per heavy atom. The molecule has 2 rings (SSSR count). The SMILES string of the molecule is COC(=O)CNc1nccc2cc(OC)ccc12. The number of fused-ring (bicyclic) bond motifs is 1. The van der Waals surface area contributed by atoms with Crippen molar-refractivity contribution in [3.8, 4) is 5.75 Å². The molecule has 0 unspecified atom stereocenters. The van der Waals surface area contributed by atoms with Crippen LogP contribution in [0.15, 0.2) is 30.5 Å². The van der Waals surface area contributed by atoms with Crippen LogP contribution in [-0.2, 0) is 9.53 Å². The number of anilines is 1. The molecule has 0 amide bonds. The van der Waals surface area contributed by atoms with Gasteiger partial charge in [0.1, 0.15) is 18.1 Å². The van der Waals surface area contributed by atoms with E-state index in [-0.39, 0.29) is 12.5 Å².